The number of piperidine rings is 1. The SMILES string of the molecule is CCC(C)(NC(=O)c1ccn(C2CCCNC2)n1)c1nccs1. The molecule has 1 aliphatic heterocycles. The molecule has 2 atom stereocenters. The number of nitrogens with zero attached hydrogens (tertiary/aromatic N) is 3. The van der Waals surface area contributed by atoms with E-state index in [0.717, 1.165) is 37.4 Å². The quantitative estimate of drug-likeness (QED) is 0.881. The number of thiazole rings is 1. The Morgan fingerprint density at radius 1 is 1.61 bits per heavy atom. The molecule has 0 radical (unpaired) electrons. The minimum Gasteiger partial charge on any atom is -0.339 e. The Bertz CT molecular complexity index is 647. The minimum atomic E-state index is -0.457. The van der Waals surface area contributed by atoms with Gasteiger partial charge in [-0.1, -0.05) is 6.92 Å². The second kappa shape index (κ2) is 6.80. The normalized spacial score (nSPS) is 20.9. The third kappa shape index (κ3) is 3.45. The van der Waals surface area contributed by atoms with Crippen LogP contribution in [0.3, 0.4) is 0 Å². The summed E-state index contributed by atoms with van der Waals surface area (Å²) < 4.78 is 1.91. The monoisotopic (exact) mass is 333 g/mol. The van der Waals surface area contributed by atoms with Gasteiger partial charge in [-0.3, -0.25) is 9.48 Å². The lowest BCUT2D eigenvalue weighted by molar-refractivity contribution is 0.0895. The summed E-state index contributed by atoms with van der Waals surface area (Å²) in [6.07, 6.45) is 6.69. The van der Waals surface area contributed by atoms with Gasteiger partial charge in [-0.2, -0.15) is 5.10 Å². The van der Waals surface area contributed by atoms with E-state index in [1.165, 1.54) is 0 Å². The molecule has 7 heteroatoms. The third-order valence-electron chi connectivity index (χ3n) is 4.49. The van der Waals surface area contributed by atoms with Crippen LogP contribution in [0.1, 0.15) is 54.6 Å². The van der Waals surface area contributed by atoms with E-state index < -0.39 is 5.54 Å². The lowest BCUT2D eigenvalue weighted by Crippen LogP contribution is -2.43. The van der Waals surface area contributed by atoms with Crippen LogP contribution in [0.25, 0.3) is 0 Å². The molecule has 6 nitrogen and oxygen atoms in total. The number of carbonyl (C=O) groups is 1. The second-order valence-corrected chi connectivity index (χ2v) is 7.05. The summed E-state index contributed by atoms with van der Waals surface area (Å²) in [5.41, 5.74) is 0.00771. The van der Waals surface area contributed by atoms with Crippen LogP contribution in [0.2, 0.25) is 0 Å². The van der Waals surface area contributed by atoms with Gasteiger partial charge < -0.3 is 10.6 Å². The molecule has 2 aromatic rings. The van der Waals surface area contributed by atoms with Crippen LogP contribution in [-0.2, 0) is 5.54 Å². The summed E-state index contributed by atoms with van der Waals surface area (Å²) in [6, 6.07) is 2.13. The summed E-state index contributed by atoms with van der Waals surface area (Å²) in [5.74, 6) is -0.146. The van der Waals surface area contributed by atoms with Gasteiger partial charge in [0.25, 0.3) is 5.91 Å². The van der Waals surface area contributed by atoms with Gasteiger partial charge >= 0.3 is 0 Å². The zero-order valence-corrected chi connectivity index (χ0v) is 14.4. The number of carbonyl (C=O) groups excluding carboxylic acids is 1. The highest BCUT2D eigenvalue weighted by Crippen LogP contribution is 2.26. The van der Waals surface area contributed by atoms with Crippen LogP contribution in [0, 0.1) is 0 Å². The van der Waals surface area contributed by atoms with Crippen molar-refractivity contribution in [2.24, 2.45) is 0 Å². The molecule has 0 saturated carbocycles. The predicted molar refractivity (Wildman–Crippen MR) is 90.6 cm³/mol. The fourth-order valence-corrected chi connectivity index (χ4v) is 3.65. The van der Waals surface area contributed by atoms with Crippen LogP contribution < -0.4 is 10.6 Å². The van der Waals surface area contributed by atoms with Gasteiger partial charge in [0.2, 0.25) is 0 Å². The average Bonchev–Trinajstić information content (AvgIpc) is 3.27. The van der Waals surface area contributed by atoms with Crippen molar-refractivity contribution in [2.45, 2.75) is 44.7 Å². The van der Waals surface area contributed by atoms with E-state index in [2.05, 4.69) is 20.7 Å². The maximum absolute atomic E-state index is 12.6. The summed E-state index contributed by atoms with van der Waals surface area (Å²) in [7, 11) is 0. The molecule has 3 rings (SSSR count). The number of hydrogen-bond acceptors (Lipinski definition) is 5. The molecule has 0 aromatic carbocycles. The zero-order valence-electron chi connectivity index (χ0n) is 13.6. The van der Waals surface area contributed by atoms with E-state index in [9.17, 15) is 4.79 Å². The summed E-state index contributed by atoms with van der Waals surface area (Å²) >= 11 is 1.56. The first kappa shape index (κ1) is 16.1. The Kier molecular flexibility index (Phi) is 4.77. The fraction of sp³-hybridized carbons (Fsp3) is 0.562. The van der Waals surface area contributed by atoms with Crippen molar-refractivity contribution in [3.63, 3.8) is 0 Å². The van der Waals surface area contributed by atoms with Gasteiger partial charge in [0.05, 0.1) is 11.6 Å². The molecular weight excluding hydrogens is 310 g/mol. The molecule has 1 amide bonds. The second-order valence-electron chi connectivity index (χ2n) is 6.16. The fourth-order valence-electron chi connectivity index (χ4n) is 2.83. The Balaban J connectivity index is 1.72. The number of hydrogen-bond donors (Lipinski definition) is 2. The van der Waals surface area contributed by atoms with Crippen LogP contribution >= 0.6 is 11.3 Å². The minimum absolute atomic E-state index is 0.146. The molecule has 0 bridgehead atoms. The van der Waals surface area contributed by atoms with Crippen molar-refractivity contribution in [3.05, 3.63) is 34.5 Å². The predicted octanol–water partition coefficient (Wildman–Crippen LogP) is 2.32. The van der Waals surface area contributed by atoms with Crippen LogP contribution in [0.4, 0.5) is 0 Å². The highest BCUT2D eigenvalue weighted by atomic mass is 32.1. The molecule has 3 heterocycles. The largest absolute Gasteiger partial charge is 0.339 e. The van der Waals surface area contributed by atoms with Crippen molar-refractivity contribution < 1.29 is 4.79 Å². The molecular formula is C16H23N5OS. The molecule has 1 aliphatic rings. The van der Waals surface area contributed by atoms with Gasteiger partial charge in [-0.05, 0) is 38.8 Å². The summed E-state index contributed by atoms with van der Waals surface area (Å²) in [4.78, 5) is 16.9. The maximum Gasteiger partial charge on any atom is 0.272 e. The van der Waals surface area contributed by atoms with Crippen molar-refractivity contribution in [1.82, 2.24) is 25.4 Å². The molecule has 23 heavy (non-hydrogen) atoms. The van der Waals surface area contributed by atoms with Gasteiger partial charge in [0.1, 0.15) is 10.7 Å². The molecule has 0 aliphatic carbocycles. The highest BCUT2D eigenvalue weighted by molar-refractivity contribution is 7.09. The van der Waals surface area contributed by atoms with Crippen LogP contribution in [0.5, 0.6) is 0 Å². The summed E-state index contributed by atoms with van der Waals surface area (Å²) in [5, 5.41) is 13.8. The Labute approximate surface area is 140 Å². The molecule has 124 valence electrons. The van der Waals surface area contributed by atoms with E-state index in [4.69, 9.17) is 0 Å². The Hall–Kier alpha value is -1.73. The Morgan fingerprint density at radius 2 is 2.48 bits per heavy atom. The van der Waals surface area contributed by atoms with Crippen molar-refractivity contribution >= 4 is 17.2 Å². The lowest BCUT2D eigenvalue weighted by atomic mass is 9.99. The van der Waals surface area contributed by atoms with E-state index in [-0.39, 0.29) is 5.91 Å². The van der Waals surface area contributed by atoms with Gasteiger partial charge in [-0.25, -0.2) is 4.98 Å². The molecule has 2 aromatic heterocycles. The first-order valence-electron chi connectivity index (χ1n) is 8.11. The third-order valence-corrected chi connectivity index (χ3v) is 5.52. The van der Waals surface area contributed by atoms with Crippen molar-refractivity contribution in [3.8, 4) is 0 Å². The smallest absolute Gasteiger partial charge is 0.272 e. The van der Waals surface area contributed by atoms with E-state index >= 15 is 0 Å². The number of aromatic nitrogens is 3. The number of rotatable bonds is 5. The zero-order chi connectivity index (χ0) is 16.3. The van der Waals surface area contributed by atoms with E-state index in [1.807, 2.05) is 30.1 Å². The molecule has 2 N–H and O–H groups in total. The maximum atomic E-state index is 12.6. The van der Waals surface area contributed by atoms with Crippen molar-refractivity contribution in [2.75, 3.05) is 13.1 Å². The topological polar surface area (TPSA) is 71.8 Å². The van der Waals surface area contributed by atoms with E-state index in [0.29, 0.717) is 11.7 Å². The average molecular weight is 333 g/mol. The Morgan fingerprint density at radius 3 is 3.13 bits per heavy atom. The first-order chi connectivity index (χ1) is 11.1. The highest BCUT2D eigenvalue weighted by Gasteiger charge is 2.30. The molecule has 1 fully saturated rings. The number of amides is 1. The van der Waals surface area contributed by atoms with Crippen LogP contribution in [0.15, 0.2) is 23.8 Å². The van der Waals surface area contributed by atoms with Crippen molar-refractivity contribution in [1.29, 1.82) is 0 Å². The van der Waals surface area contributed by atoms with Gasteiger partial charge in [0, 0.05) is 24.3 Å². The van der Waals surface area contributed by atoms with Gasteiger partial charge in [-0.15, -0.1) is 11.3 Å². The lowest BCUT2D eigenvalue weighted by Gasteiger charge is -2.27. The number of nitrogens with one attached hydrogen (secondary N) is 2. The summed E-state index contributed by atoms with van der Waals surface area (Å²) in [6.45, 7) is 6.03. The van der Waals surface area contributed by atoms with E-state index in [1.54, 1.807) is 23.6 Å². The molecule has 2 unspecified atom stereocenters. The van der Waals surface area contributed by atoms with Gasteiger partial charge in [0.15, 0.2) is 0 Å². The first-order valence-corrected chi connectivity index (χ1v) is 8.99. The molecule has 0 spiro atoms. The molecule has 1 saturated heterocycles. The van der Waals surface area contributed by atoms with Crippen LogP contribution in [-0.4, -0.2) is 33.8 Å². The standard InChI is InChI=1S/C16H23N5OS/c1-3-16(2,15-18-8-10-23-15)19-14(22)13-6-9-21(20-13)12-5-4-7-17-11-12/h6,8-10,12,17H,3-5,7,11H2,1-2H3,(H,19,22).